The second kappa shape index (κ2) is 9.73. The third-order valence-electron chi connectivity index (χ3n) is 6.43. The minimum absolute atomic E-state index is 0.0990. The Morgan fingerprint density at radius 2 is 1.97 bits per heavy atom. The van der Waals surface area contributed by atoms with Gasteiger partial charge in [-0.2, -0.15) is 0 Å². The van der Waals surface area contributed by atoms with Crippen LogP contribution in [0.25, 0.3) is 0 Å². The van der Waals surface area contributed by atoms with Crippen molar-refractivity contribution in [2.45, 2.75) is 52.4 Å². The number of carbonyl (C=O) groups is 4. The van der Waals surface area contributed by atoms with Gasteiger partial charge in [-0.3, -0.25) is 19.2 Å². The molecule has 0 aromatic heterocycles. The zero-order valence-electron chi connectivity index (χ0n) is 18.1. The molecule has 0 spiro atoms. The van der Waals surface area contributed by atoms with Crippen LogP contribution in [0.4, 0.5) is 0 Å². The molecule has 168 valence electrons. The number of aliphatic hydroxyl groups excluding tert-OH is 1. The summed E-state index contributed by atoms with van der Waals surface area (Å²) in [5.41, 5.74) is 0.702. The predicted molar refractivity (Wildman–Crippen MR) is 112 cm³/mol. The van der Waals surface area contributed by atoms with E-state index in [9.17, 15) is 29.4 Å². The molecule has 7 nitrogen and oxygen atoms in total. The lowest BCUT2D eigenvalue weighted by Gasteiger charge is -2.42. The number of ketones is 4. The van der Waals surface area contributed by atoms with Gasteiger partial charge in [-0.25, -0.2) is 0 Å². The van der Waals surface area contributed by atoms with Gasteiger partial charge in [0.15, 0.2) is 17.3 Å². The third kappa shape index (κ3) is 4.56. The van der Waals surface area contributed by atoms with E-state index in [1.807, 2.05) is 6.92 Å². The fraction of sp³-hybridized carbons (Fsp3) is 0.583. The van der Waals surface area contributed by atoms with Gasteiger partial charge in [0, 0.05) is 12.2 Å². The van der Waals surface area contributed by atoms with Gasteiger partial charge in [0.25, 0.3) is 0 Å². The molecule has 1 aromatic carbocycles. The fourth-order valence-electron chi connectivity index (χ4n) is 5.06. The molecule has 2 N–H and O–H groups in total. The topological polar surface area (TPSA) is 118 Å². The number of phenols is 1. The molecule has 7 heteroatoms. The van der Waals surface area contributed by atoms with Gasteiger partial charge >= 0.3 is 0 Å². The number of hydrogen-bond acceptors (Lipinski definition) is 7. The summed E-state index contributed by atoms with van der Waals surface area (Å²) in [7, 11) is 0. The second-order valence-electron chi connectivity index (χ2n) is 8.68. The lowest BCUT2D eigenvalue weighted by molar-refractivity contribution is -0.142. The summed E-state index contributed by atoms with van der Waals surface area (Å²) in [6, 6.07) is 3.05. The van der Waals surface area contributed by atoms with Crippen molar-refractivity contribution in [2.75, 3.05) is 13.2 Å². The number of aromatic hydroxyl groups is 1. The monoisotopic (exact) mass is 430 g/mol. The lowest BCUT2D eigenvalue weighted by Crippen LogP contribution is -2.50. The zero-order chi connectivity index (χ0) is 22.7. The normalized spacial score (nSPS) is 25.0. The van der Waals surface area contributed by atoms with E-state index in [2.05, 4.69) is 0 Å². The molecule has 1 fully saturated rings. The van der Waals surface area contributed by atoms with Crippen molar-refractivity contribution < 1.29 is 34.1 Å². The molecule has 4 unspecified atom stereocenters. The van der Waals surface area contributed by atoms with Crippen LogP contribution >= 0.6 is 0 Å². The minimum Gasteiger partial charge on any atom is -0.507 e. The number of phenolic OH excluding ortho intramolecular Hbond substituents is 1. The Labute approximate surface area is 181 Å². The summed E-state index contributed by atoms with van der Waals surface area (Å²) in [6.45, 7) is 3.64. The molecule has 2 aliphatic rings. The van der Waals surface area contributed by atoms with Gasteiger partial charge in [-0.1, -0.05) is 13.3 Å². The maximum absolute atomic E-state index is 13.4. The number of hydrogen-bond donors (Lipinski definition) is 2. The van der Waals surface area contributed by atoms with Crippen LogP contribution in [0, 0.1) is 23.7 Å². The van der Waals surface area contributed by atoms with Crippen molar-refractivity contribution in [1.82, 2.24) is 0 Å². The Morgan fingerprint density at radius 3 is 2.61 bits per heavy atom. The van der Waals surface area contributed by atoms with Crippen LogP contribution < -0.4 is 4.74 Å². The van der Waals surface area contributed by atoms with Gasteiger partial charge in [0.2, 0.25) is 0 Å². The van der Waals surface area contributed by atoms with E-state index in [4.69, 9.17) is 4.74 Å². The first-order valence-corrected chi connectivity index (χ1v) is 11.0. The standard InChI is InChI=1S/C24H30O7/c1-3-4-9-31-19-6-5-17(27)22-16(19)12-15-11-14(7-8-25)20(18(28)10-13(2)26)23(29)21(15)24(22)30/h5-6,14-15,20-21,25,27H,3-4,7-12H2,1-2H3. The number of rotatable bonds is 9. The Bertz CT molecular complexity index is 888. The summed E-state index contributed by atoms with van der Waals surface area (Å²) < 4.78 is 5.85. The van der Waals surface area contributed by atoms with Gasteiger partial charge in [0.05, 0.1) is 30.4 Å². The zero-order valence-corrected chi connectivity index (χ0v) is 18.1. The van der Waals surface area contributed by atoms with Gasteiger partial charge < -0.3 is 14.9 Å². The molecule has 0 aliphatic heterocycles. The molecule has 4 atom stereocenters. The number of benzene rings is 1. The Morgan fingerprint density at radius 1 is 1.23 bits per heavy atom. The van der Waals surface area contributed by atoms with Gasteiger partial charge in [-0.15, -0.1) is 0 Å². The largest absolute Gasteiger partial charge is 0.507 e. The van der Waals surface area contributed by atoms with Crippen molar-refractivity contribution in [2.24, 2.45) is 23.7 Å². The Balaban J connectivity index is 1.98. The molecular formula is C24H30O7. The lowest BCUT2D eigenvalue weighted by atomic mass is 9.59. The first-order valence-electron chi connectivity index (χ1n) is 11.0. The minimum atomic E-state index is -1.08. The van der Waals surface area contributed by atoms with E-state index in [0.717, 1.165) is 12.8 Å². The summed E-state index contributed by atoms with van der Waals surface area (Å²) >= 11 is 0. The predicted octanol–water partition coefficient (Wildman–Crippen LogP) is 2.68. The second-order valence-corrected chi connectivity index (χ2v) is 8.68. The molecule has 0 saturated heterocycles. The number of ether oxygens (including phenoxy) is 1. The highest BCUT2D eigenvalue weighted by atomic mass is 16.5. The molecule has 0 amide bonds. The number of aliphatic hydroxyl groups is 1. The molecule has 1 saturated carbocycles. The average Bonchev–Trinajstić information content (AvgIpc) is 2.69. The molecule has 0 heterocycles. The van der Waals surface area contributed by atoms with E-state index in [1.54, 1.807) is 6.07 Å². The van der Waals surface area contributed by atoms with Crippen LogP contribution in [0.15, 0.2) is 12.1 Å². The van der Waals surface area contributed by atoms with Crippen LogP contribution in [0.2, 0.25) is 0 Å². The summed E-state index contributed by atoms with van der Waals surface area (Å²) in [5, 5.41) is 19.9. The Kier molecular flexibility index (Phi) is 7.26. The fourth-order valence-corrected chi connectivity index (χ4v) is 5.06. The first-order chi connectivity index (χ1) is 14.8. The summed E-state index contributed by atoms with van der Waals surface area (Å²) in [6.07, 6.45) is 2.50. The summed E-state index contributed by atoms with van der Waals surface area (Å²) in [4.78, 5) is 50.9. The molecule has 0 radical (unpaired) electrons. The van der Waals surface area contributed by atoms with E-state index in [1.165, 1.54) is 13.0 Å². The number of unbranched alkanes of at least 4 members (excludes halogenated alkanes) is 1. The highest BCUT2D eigenvalue weighted by Crippen LogP contribution is 2.47. The molecule has 31 heavy (non-hydrogen) atoms. The van der Waals surface area contributed by atoms with Crippen LogP contribution in [-0.4, -0.2) is 46.6 Å². The number of Topliss-reactive ketones (excluding diaryl/α,β-unsaturated/α-hetero) is 4. The van der Waals surface area contributed by atoms with Crippen LogP contribution in [-0.2, 0) is 20.8 Å². The van der Waals surface area contributed by atoms with Crippen LogP contribution in [0.1, 0.15) is 61.9 Å². The first kappa shape index (κ1) is 23.1. The average molecular weight is 430 g/mol. The smallest absolute Gasteiger partial charge is 0.177 e. The van der Waals surface area contributed by atoms with E-state index in [0.29, 0.717) is 30.8 Å². The highest BCUT2D eigenvalue weighted by Gasteiger charge is 2.52. The van der Waals surface area contributed by atoms with Gasteiger partial charge in [-0.05, 0) is 56.6 Å². The Hall–Kier alpha value is -2.54. The van der Waals surface area contributed by atoms with Gasteiger partial charge in [0.1, 0.15) is 17.3 Å². The van der Waals surface area contributed by atoms with E-state index in [-0.39, 0.29) is 42.5 Å². The highest BCUT2D eigenvalue weighted by molar-refractivity contribution is 6.20. The van der Waals surface area contributed by atoms with Crippen molar-refractivity contribution >= 4 is 23.1 Å². The quantitative estimate of drug-likeness (QED) is 0.457. The molecule has 0 bridgehead atoms. The number of fused-ring (bicyclic) bond motifs is 2. The maximum atomic E-state index is 13.4. The molecule has 1 aromatic rings. The molecule has 2 aliphatic carbocycles. The third-order valence-corrected chi connectivity index (χ3v) is 6.43. The van der Waals surface area contributed by atoms with Crippen LogP contribution in [0.5, 0.6) is 11.5 Å². The van der Waals surface area contributed by atoms with Crippen molar-refractivity contribution in [1.29, 1.82) is 0 Å². The SMILES string of the molecule is CCCCOc1ccc(O)c2c1CC1CC(CCO)C(C(=O)CC(C)=O)C(=O)C1C2=O. The number of carbonyl (C=O) groups excluding carboxylic acids is 4. The van der Waals surface area contributed by atoms with Crippen molar-refractivity contribution in [3.05, 3.63) is 23.3 Å². The maximum Gasteiger partial charge on any atom is 0.177 e. The molecule has 3 rings (SSSR count). The van der Waals surface area contributed by atoms with Crippen molar-refractivity contribution in [3.63, 3.8) is 0 Å². The van der Waals surface area contributed by atoms with E-state index < -0.39 is 35.1 Å². The van der Waals surface area contributed by atoms with Crippen molar-refractivity contribution in [3.8, 4) is 11.5 Å². The molecular weight excluding hydrogens is 400 g/mol. The van der Waals surface area contributed by atoms with E-state index >= 15 is 0 Å². The van der Waals surface area contributed by atoms with Crippen LogP contribution in [0.3, 0.4) is 0 Å². The summed E-state index contributed by atoms with van der Waals surface area (Å²) in [5.74, 6) is -4.32.